The van der Waals surface area contributed by atoms with E-state index in [1.54, 1.807) is 43.0 Å². The molecule has 0 saturated carbocycles. The third-order valence-electron chi connectivity index (χ3n) is 4.68. The van der Waals surface area contributed by atoms with Gasteiger partial charge in [0, 0.05) is 11.3 Å². The second kappa shape index (κ2) is 10.0. The monoisotopic (exact) mass is 446 g/mol. The first-order valence-electron chi connectivity index (χ1n) is 10.1. The molecular weight excluding hydrogens is 424 g/mol. The highest BCUT2D eigenvalue weighted by molar-refractivity contribution is 7.98. The lowest BCUT2D eigenvalue weighted by molar-refractivity contribution is -0.128. The van der Waals surface area contributed by atoms with Gasteiger partial charge < -0.3 is 9.72 Å². The lowest BCUT2D eigenvalue weighted by atomic mass is 10.1. The maximum absolute atomic E-state index is 12.3. The molecule has 4 aromatic rings. The summed E-state index contributed by atoms with van der Waals surface area (Å²) in [6.45, 7) is 1.61. The van der Waals surface area contributed by atoms with E-state index in [1.165, 1.54) is 0 Å². The molecule has 1 heterocycles. The number of hydrazine groups is 1. The molecule has 162 valence electrons. The van der Waals surface area contributed by atoms with Crippen molar-refractivity contribution in [3.05, 3.63) is 90.0 Å². The van der Waals surface area contributed by atoms with Gasteiger partial charge in [0.2, 0.25) is 0 Å². The van der Waals surface area contributed by atoms with E-state index in [0.29, 0.717) is 17.1 Å². The molecule has 4 rings (SSSR count). The minimum Gasteiger partial charge on any atom is -0.481 e. The highest BCUT2D eigenvalue weighted by atomic mass is 32.2. The number of para-hydroxylation sites is 3. The van der Waals surface area contributed by atoms with Gasteiger partial charge in [-0.05, 0) is 48.9 Å². The minimum atomic E-state index is -0.754. The Kier molecular flexibility index (Phi) is 6.72. The Balaban J connectivity index is 1.25. The number of aromatic nitrogens is 2. The van der Waals surface area contributed by atoms with Gasteiger partial charge in [-0.25, -0.2) is 4.98 Å². The lowest BCUT2D eigenvalue weighted by Gasteiger charge is -2.15. The Morgan fingerprint density at radius 1 is 0.969 bits per heavy atom. The van der Waals surface area contributed by atoms with Crippen molar-refractivity contribution in [3.8, 4) is 5.75 Å². The van der Waals surface area contributed by atoms with Crippen molar-refractivity contribution in [2.45, 2.75) is 23.9 Å². The number of ether oxygens (including phenoxy) is 1. The van der Waals surface area contributed by atoms with Gasteiger partial charge in [-0.1, -0.05) is 54.2 Å². The number of thioether (sulfide) groups is 1. The Labute approximate surface area is 189 Å². The summed E-state index contributed by atoms with van der Waals surface area (Å²) < 4.78 is 5.54. The van der Waals surface area contributed by atoms with Crippen LogP contribution in [0.3, 0.4) is 0 Å². The maximum atomic E-state index is 12.3. The van der Waals surface area contributed by atoms with E-state index in [9.17, 15) is 9.59 Å². The zero-order chi connectivity index (χ0) is 22.3. The number of imidazole rings is 1. The Morgan fingerprint density at radius 3 is 2.44 bits per heavy atom. The van der Waals surface area contributed by atoms with E-state index in [-0.39, 0.29) is 0 Å². The van der Waals surface area contributed by atoms with Crippen molar-refractivity contribution in [1.29, 1.82) is 0 Å². The number of benzene rings is 3. The molecule has 2 amide bonds. The molecule has 0 fully saturated rings. The molecule has 0 bridgehead atoms. The van der Waals surface area contributed by atoms with E-state index in [4.69, 9.17) is 4.74 Å². The van der Waals surface area contributed by atoms with E-state index in [0.717, 1.165) is 21.8 Å². The average molecular weight is 447 g/mol. The summed E-state index contributed by atoms with van der Waals surface area (Å²) in [6.07, 6.45) is -0.754. The van der Waals surface area contributed by atoms with Crippen LogP contribution in [0.2, 0.25) is 0 Å². The topological polar surface area (TPSA) is 96.1 Å². The SMILES string of the molecule is CC(Oc1ccccc1)C(=O)NNC(=O)c1ccc(CSc2nc3ccccc3[nH]2)cc1. The Bertz CT molecular complexity index is 1180. The summed E-state index contributed by atoms with van der Waals surface area (Å²) in [7, 11) is 0. The summed E-state index contributed by atoms with van der Waals surface area (Å²) in [5, 5.41) is 0.850. The van der Waals surface area contributed by atoms with Gasteiger partial charge in [-0.3, -0.25) is 20.4 Å². The van der Waals surface area contributed by atoms with Crippen LogP contribution >= 0.6 is 11.8 Å². The third kappa shape index (κ3) is 5.47. The molecule has 7 nitrogen and oxygen atoms in total. The number of nitrogens with zero attached hydrogens (tertiary/aromatic N) is 1. The zero-order valence-electron chi connectivity index (χ0n) is 17.4. The summed E-state index contributed by atoms with van der Waals surface area (Å²) in [5.74, 6) is 0.452. The standard InChI is InChI=1S/C24H22N4O3S/c1-16(31-19-7-3-2-4-8-19)22(29)27-28-23(30)18-13-11-17(12-14-18)15-32-24-25-20-9-5-6-10-21(20)26-24/h2-14,16H,15H2,1H3,(H,25,26)(H,27,29)(H,28,30). The van der Waals surface area contributed by atoms with Crippen LogP contribution in [0.4, 0.5) is 0 Å². The first-order chi connectivity index (χ1) is 15.6. The smallest absolute Gasteiger partial charge is 0.279 e. The van der Waals surface area contributed by atoms with Crippen LogP contribution in [0.5, 0.6) is 5.75 Å². The van der Waals surface area contributed by atoms with Crippen LogP contribution in [-0.4, -0.2) is 27.9 Å². The second-order valence-corrected chi connectivity index (χ2v) is 8.03. The molecule has 8 heteroatoms. The van der Waals surface area contributed by atoms with Gasteiger partial charge in [0.1, 0.15) is 5.75 Å². The normalized spacial score (nSPS) is 11.7. The van der Waals surface area contributed by atoms with Crippen LogP contribution in [0.25, 0.3) is 11.0 Å². The van der Waals surface area contributed by atoms with Gasteiger partial charge >= 0.3 is 0 Å². The number of H-pyrrole nitrogens is 1. The molecule has 0 aliphatic carbocycles. The van der Waals surface area contributed by atoms with E-state index in [2.05, 4.69) is 20.8 Å². The summed E-state index contributed by atoms with van der Waals surface area (Å²) in [5.41, 5.74) is 8.26. The minimum absolute atomic E-state index is 0.401. The van der Waals surface area contributed by atoms with Crippen LogP contribution in [-0.2, 0) is 10.5 Å². The fourth-order valence-electron chi connectivity index (χ4n) is 2.95. The Morgan fingerprint density at radius 2 is 1.69 bits per heavy atom. The molecule has 32 heavy (non-hydrogen) atoms. The van der Waals surface area contributed by atoms with Gasteiger partial charge in [0.15, 0.2) is 11.3 Å². The second-order valence-electron chi connectivity index (χ2n) is 7.06. The Hall–Kier alpha value is -3.78. The van der Waals surface area contributed by atoms with Crippen molar-refractivity contribution in [2.24, 2.45) is 0 Å². The largest absolute Gasteiger partial charge is 0.481 e. The van der Waals surface area contributed by atoms with Crippen molar-refractivity contribution in [2.75, 3.05) is 0 Å². The first kappa shape index (κ1) is 21.5. The molecule has 1 unspecified atom stereocenters. The van der Waals surface area contributed by atoms with Crippen LogP contribution in [0.15, 0.2) is 84.0 Å². The number of hydrogen-bond acceptors (Lipinski definition) is 5. The molecule has 3 N–H and O–H groups in total. The highest BCUT2D eigenvalue weighted by Crippen LogP contribution is 2.23. The molecule has 0 aliphatic heterocycles. The van der Waals surface area contributed by atoms with Gasteiger partial charge in [-0.15, -0.1) is 0 Å². The lowest BCUT2D eigenvalue weighted by Crippen LogP contribution is -2.47. The highest BCUT2D eigenvalue weighted by Gasteiger charge is 2.16. The number of aromatic amines is 1. The molecule has 1 aromatic heterocycles. The van der Waals surface area contributed by atoms with Gasteiger partial charge in [0.25, 0.3) is 11.8 Å². The fraction of sp³-hybridized carbons (Fsp3) is 0.125. The fourth-order valence-corrected chi connectivity index (χ4v) is 3.79. The number of amides is 2. The summed E-state index contributed by atoms with van der Waals surface area (Å²) in [4.78, 5) is 32.3. The van der Waals surface area contributed by atoms with E-state index < -0.39 is 17.9 Å². The molecular formula is C24H22N4O3S. The number of carbonyl (C=O) groups is 2. The van der Waals surface area contributed by atoms with Gasteiger partial charge in [-0.2, -0.15) is 0 Å². The van der Waals surface area contributed by atoms with E-state index >= 15 is 0 Å². The molecule has 1 atom stereocenters. The zero-order valence-corrected chi connectivity index (χ0v) is 18.2. The molecule has 0 saturated heterocycles. The quantitative estimate of drug-likeness (QED) is 0.294. The van der Waals surface area contributed by atoms with Crippen molar-refractivity contribution < 1.29 is 14.3 Å². The van der Waals surface area contributed by atoms with Crippen molar-refractivity contribution >= 4 is 34.6 Å². The summed E-state index contributed by atoms with van der Waals surface area (Å²) >= 11 is 1.59. The van der Waals surface area contributed by atoms with Crippen LogP contribution in [0.1, 0.15) is 22.8 Å². The molecule has 0 aliphatic rings. The van der Waals surface area contributed by atoms with Crippen LogP contribution in [0, 0.1) is 0 Å². The number of nitrogens with one attached hydrogen (secondary N) is 3. The predicted molar refractivity (Wildman–Crippen MR) is 124 cm³/mol. The first-order valence-corrected chi connectivity index (χ1v) is 11.1. The third-order valence-corrected chi connectivity index (χ3v) is 5.63. The summed E-state index contributed by atoms with van der Waals surface area (Å²) in [6, 6.07) is 24.1. The number of carbonyl (C=O) groups excluding carboxylic acids is 2. The maximum Gasteiger partial charge on any atom is 0.279 e. The van der Waals surface area contributed by atoms with Gasteiger partial charge in [0.05, 0.1) is 11.0 Å². The van der Waals surface area contributed by atoms with E-state index in [1.807, 2.05) is 54.6 Å². The number of fused-ring (bicyclic) bond motifs is 1. The number of hydrogen-bond donors (Lipinski definition) is 3. The molecule has 3 aromatic carbocycles. The van der Waals surface area contributed by atoms with Crippen molar-refractivity contribution in [3.63, 3.8) is 0 Å². The van der Waals surface area contributed by atoms with Crippen LogP contribution < -0.4 is 15.6 Å². The predicted octanol–water partition coefficient (Wildman–Crippen LogP) is 4.08. The average Bonchev–Trinajstić information content (AvgIpc) is 3.25. The molecule has 0 spiro atoms. The number of rotatable bonds is 7. The van der Waals surface area contributed by atoms with Crippen molar-refractivity contribution in [1.82, 2.24) is 20.8 Å². The molecule has 0 radical (unpaired) electrons.